The third-order valence-electron chi connectivity index (χ3n) is 3.08. The molecule has 2 N–H and O–H groups in total. The van der Waals surface area contributed by atoms with Crippen molar-refractivity contribution in [2.45, 2.75) is 26.4 Å². The van der Waals surface area contributed by atoms with Crippen molar-refractivity contribution in [3.05, 3.63) is 44.4 Å². The van der Waals surface area contributed by atoms with Crippen LogP contribution in [0.3, 0.4) is 0 Å². The van der Waals surface area contributed by atoms with Gasteiger partial charge in [0.1, 0.15) is 18.3 Å². The lowest BCUT2D eigenvalue weighted by atomic mass is 10.2. The molecule has 0 radical (unpaired) electrons. The lowest BCUT2D eigenvalue weighted by molar-refractivity contribution is -0.123. The maximum atomic E-state index is 12.0. The van der Waals surface area contributed by atoms with Crippen LogP contribution in [-0.4, -0.2) is 22.2 Å². The van der Waals surface area contributed by atoms with E-state index in [1.807, 2.05) is 6.92 Å². The quantitative estimate of drug-likeness (QED) is 0.861. The Morgan fingerprint density at radius 2 is 2.30 bits per heavy atom. The molecule has 2 heterocycles. The van der Waals surface area contributed by atoms with Crippen LogP contribution < -0.4 is 10.2 Å². The first-order valence-electron chi connectivity index (χ1n) is 6.13. The van der Waals surface area contributed by atoms with E-state index in [0.29, 0.717) is 5.76 Å². The van der Waals surface area contributed by atoms with Gasteiger partial charge in [0.15, 0.2) is 0 Å². The summed E-state index contributed by atoms with van der Waals surface area (Å²) >= 11 is 1.12. The standard InChI is InChI=1S/C13H16N2O4S/c1-8-9(2)20-13(18)15(8)6-12(17)14-10(7-16)11-4-3-5-19-11/h3-5,10,16H,6-7H2,1-2H3,(H,14,17). The number of amides is 1. The van der Waals surface area contributed by atoms with Crippen molar-refractivity contribution in [1.29, 1.82) is 0 Å². The van der Waals surface area contributed by atoms with E-state index in [-0.39, 0.29) is 23.9 Å². The first-order chi connectivity index (χ1) is 9.52. The molecule has 1 amide bonds. The minimum atomic E-state index is -0.603. The monoisotopic (exact) mass is 296 g/mol. The molecule has 0 saturated carbocycles. The van der Waals surface area contributed by atoms with Crippen molar-refractivity contribution < 1.29 is 14.3 Å². The second-order valence-electron chi connectivity index (χ2n) is 4.41. The molecular formula is C13H16N2O4S. The molecule has 0 bridgehead atoms. The number of aryl methyl sites for hydroxylation is 1. The zero-order valence-corrected chi connectivity index (χ0v) is 12.1. The topological polar surface area (TPSA) is 84.5 Å². The Morgan fingerprint density at radius 1 is 1.55 bits per heavy atom. The number of thiazole rings is 1. The first-order valence-corrected chi connectivity index (χ1v) is 6.95. The van der Waals surface area contributed by atoms with E-state index in [1.54, 1.807) is 19.1 Å². The largest absolute Gasteiger partial charge is 0.467 e. The Morgan fingerprint density at radius 3 is 2.80 bits per heavy atom. The molecule has 7 heteroatoms. The summed E-state index contributed by atoms with van der Waals surface area (Å²) in [5, 5.41) is 11.9. The van der Waals surface area contributed by atoms with Gasteiger partial charge in [-0.05, 0) is 26.0 Å². The van der Waals surface area contributed by atoms with Crippen molar-refractivity contribution in [1.82, 2.24) is 9.88 Å². The first kappa shape index (κ1) is 14.5. The van der Waals surface area contributed by atoms with Crippen LogP contribution in [0.25, 0.3) is 0 Å². The van der Waals surface area contributed by atoms with Crippen molar-refractivity contribution >= 4 is 17.2 Å². The summed E-state index contributed by atoms with van der Waals surface area (Å²) in [6, 6.07) is 2.75. The summed E-state index contributed by atoms with van der Waals surface area (Å²) < 4.78 is 6.57. The summed E-state index contributed by atoms with van der Waals surface area (Å²) in [6.07, 6.45) is 1.47. The Balaban J connectivity index is 2.07. The van der Waals surface area contributed by atoms with Gasteiger partial charge >= 0.3 is 4.87 Å². The van der Waals surface area contributed by atoms with Crippen LogP contribution in [0.2, 0.25) is 0 Å². The number of nitrogens with one attached hydrogen (secondary N) is 1. The molecule has 108 valence electrons. The van der Waals surface area contributed by atoms with Gasteiger partial charge in [0.2, 0.25) is 5.91 Å². The average Bonchev–Trinajstić information content (AvgIpc) is 3.01. The van der Waals surface area contributed by atoms with Crippen LogP contribution in [0.15, 0.2) is 27.6 Å². The molecule has 0 aromatic carbocycles. The Labute approximate surface area is 119 Å². The van der Waals surface area contributed by atoms with E-state index in [2.05, 4.69) is 5.32 Å². The fourth-order valence-electron chi connectivity index (χ4n) is 1.85. The van der Waals surface area contributed by atoms with Crippen molar-refractivity contribution in [2.24, 2.45) is 0 Å². The fourth-order valence-corrected chi connectivity index (χ4v) is 2.68. The van der Waals surface area contributed by atoms with Gasteiger partial charge in [0.25, 0.3) is 0 Å². The summed E-state index contributed by atoms with van der Waals surface area (Å²) in [4.78, 5) is 24.4. The number of carbonyl (C=O) groups is 1. The van der Waals surface area contributed by atoms with Gasteiger partial charge < -0.3 is 14.8 Å². The molecule has 6 nitrogen and oxygen atoms in total. The Bertz CT molecular complexity index is 642. The molecule has 2 rings (SSSR count). The number of aliphatic hydroxyl groups is 1. The molecule has 0 saturated heterocycles. The summed E-state index contributed by atoms with van der Waals surface area (Å²) in [5.74, 6) is 0.134. The highest BCUT2D eigenvalue weighted by atomic mass is 32.1. The minimum absolute atomic E-state index is 0.0633. The zero-order chi connectivity index (χ0) is 14.7. The highest BCUT2D eigenvalue weighted by molar-refractivity contribution is 7.09. The Kier molecular flexibility index (Phi) is 4.41. The van der Waals surface area contributed by atoms with Crippen LogP contribution >= 0.6 is 11.3 Å². The number of hydrogen-bond acceptors (Lipinski definition) is 5. The molecular weight excluding hydrogens is 280 g/mol. The third kappa shape index (κ3) is 3.00. The van der Waals surface area contributed by atoms with Gasteiger partial charge in [-0.1, -0.05) is 11.3 Å². The van der Waals surface area contributed by atoms with Crippen molar-refractivity contribution in [3.8, 4) is 0 Å². The highest BCUT2D eigenvalue weighted by Crippen LogP contribution is 2.13. The lowest BCUT2D eigenvalue weighted by Gasteiger charge is -2.14. The molecule has 0 spiro atoms. The van der Waals surface area contributed by atoms with Crippen LogP contribution in [0.4, 0.5) is 0 Å². The number of rotatable bonds is 5. The number of aliphatic hydroxyl groups excluding tert-OH is 1. The normalized spacial score (nSPS) is 12.3. The van der Waals surface area contributed by atoms with Crippen molar-refractivity contribution in [3.63, 3.8) is 0 Å². The number of hydrogen-bond donors (Lipinski definition) is 2. The molecule has 2 aromatic heterocycles. The molecule has 20 heavy (non-hydrogen) atoms. The van der Waals surface area contributed by atoms with E-state index in [9.17, 15) is 14.7 Å². The van der Waals surface area contributed by atoms with Crippen LogP contribution in [0.5, 0.6) is 0 Å². The smallest absolute Gasteiger partial charge is 0.308 e. The SMILES string of the molecule is Cc1sc(=O)n(CC(=O)NC(CO)c2ccco2)c1C. The molecule has 0 aliphatic rings. The van der Waals surface area contributed by atoms with Crippen LogP contribution in [0, 0.1) is 13.8 Å². The molecule has 2 aromatic rings. The molecule has 0 fully saturated rings. The maximum Gasteiger partial charge on any atom is 0.308 e. The second-order valence-corrected chi connectivity index (χ2v) is 5.58. The van der Waals surface area contributed by atoms with Gasteiger partial charge in [-0.2, -0.15) is 0 Å². The van der Waals surface area contributed by atoms with Gasteiger partial charge in [-0.25, -0.2) is 0 Å². The van der Waals surface area contributed by atoms with Gasteiger partial charge in [-0.15, -0.1) is 0 Å². The summed E-state index contributed by atoms with van der Waals surface area (Å²) in [5.41, 5.74) is 0.786. The number of nitrogens with zero attached hydrogens (tertiary/aromatic N) is 1. The minimum Gasteiger partial charge on any atom is -0.467 e. The second kappa shape index (κ2) is 6.06. The number of furan rings is 1. The molecule has 1 atom stereocenters. The Hall–Kier alpha value is -1.86. The van der Waals surface area contributed by atoms with E-state index in [0.717, 1.165) is 21.9 Å². The predicted octanol–water partition coefficient (Wildman–Crippen LogP) is 0.969. The predicted molar refractivity (Wildman–Crippen MR) is 74.7 cm³/mol. The van der Waals surface area contributed by atoms with E-state index in [1.165, 1.54) is 10.8 Å². The third-order valence-corrected chi connectivity index (χ3v) is 4.08. The van der Waals surface area contributed by atoms with Crippen LogP contribution in [-0.2, 0) is 11.3 Å². The van der Waals surface area contributed by atoms with Gasteiger partial charge in [0, 0.05) is 10.6 Å². The van der Waals surface area contributed by atoms with Gasteiger partial charge in [0.05, 0.1) is 12.9 Å². The van der Waals surface area contributed by atoms with Crippen molar-refractivity contribution in [2.75, 3.05) is 6.61 Å². The zero-order valence-electron chi connectivity index (χ0n) is 11.3. The summed E-state index contributed by atoms with van der Waals surface area (Å²) in [7, 11) is 0. The fraction of sp³-hybridized carbons (Fsp3) is 0.385. The maximum absolute atomic E-state index is 12.0. The summed E-state index contributed by atoms with van der Waals surface area (Å²) in [6.45, 7) is 3.31. The van der Waals surface area contributed by atoms with Crippen LogP contribution in [0.1, 0.15) is 22.4 Å². The molecule has 0 aliphatic heterocycles. The van der Waals surface area contributed by atoms with E-state index < -0.39 is 6.04 Å². The highest BCUT2D eigenvalue weighted by Gasteiger charge is 2.18. The van der Waals surface area contributed by atoms with E-state index in [4.69, 9.17) is 4.42 Å². The molecule has 1 unspecified atom stereocenters. The number of aromatic nitrogens is 1. The average molecular weight is 296 g/mol. The number of carbonyl (C=O) groups excluding carboxylic acids is 1. The molecule has 0 aliphatic carbocycles. The lowest BCUT2D eigenvalue weighted by Crippen LogP contribution is -2.35. The van der Waals surface area contributed by atoms with Gasteiger partial charge in [-0.3, -0.25) is 14.2 Å². The van der Waals surface area contributed by atoms with E-state index >= 15 is 0 Å².